The molecule has 18 heavy (non-hydrogen) atoms. The molecule has 2 atom stereocenters. The van der Waals surface area contributed by atoms with Crippen molar-refractivity contribution in [3.05, 3.63) is 33.0 Å². The molecule has 2 unspecified atom stereocenters. The average Bonchev–Trinajstić information content (AvgIpc) is 2.28. The molecule has 4 heteroatoms. The van der Waals surface area contributed by atoms with E-state index in [9.17, 15) is 4.39 Å². The zero-order valence-electron chi connectivity index (χ0n) is 10.6. The normalized spacial score (nSPS) is 23.2. The first-order valence-corrected chi connectivity index (χ1v) is 7.54. The van der Waals surface area contributed by atoms with Gasteiger partial charge in [-0.15, -0.1) is 0 Å². The molecule has 0 radical (unpaired) electrons. The molecule has 0 saturated heterocycles. The lowest BCUT2D eigenvalue weighted by Gasteiger charge is -2.38. The van der Waals surface area contributed by atoms with Crippen molar-refractivity contribution in [1.29, 1.82) is 0 Å². The summed E-state index contributed by atoms with van der Waals surface area (Å²) in [6, 6.07) is 4.17. The number of nitrogens with one attached hydrogen (secondary N) is 1. The highest BCUT2D eigenvalue weighted by Crippen LogP contribution is 2.44. The lowest BCUT2D eigenvalue weighted by Crippen LogP contribution is -2.37. The predicted molar refractivity (Wildman–Crippen MR) is 77.7 cm³/mol. The highest BCUT2D eigenvalue weighted by Gasteiger charge is 2.34. The van der Waals surface area contributed by atoms with Gasteiger partial charge in [0.2, 0.25) is 0 Å². The first-order chi connectivity index (χ1) is 8.50. The highest BCUT2D eigenvalue weighted by molar-refractivity contribution is 9.10. The average molecular weight is 335 g/mol. The highest BCUT2D eigenvalue weighted by atomic mass is 79.9. The maximum absolute atomic E-state index is 14.1. The Labute approximate surface area is 121 Å². The number of benzene rings is 1. The molecule has 1 aromatic carbocycles. The minimum Gasteiger partial charge on any atom is -0.314 e. The second-order valence-corrected chi connectivity index (χ2v) is 6.50. The van der Waals surface area contributed by atoms with Gasteiger partial charge in [-0.3, -0.25) is 0 Å². The van der Waals surface area contributed by atoms with Crippen molar-refractivity contribution in [2.24, 2.45) is 5.92 Å². The summed E-state index contributed by atoms with van der Waals surface area (Å²) in [6.45, 7) is 5.21. The van der Waals surface area contributed by atoms with Crippen LogP contribution in [0.25, 0.3) is 0 Å². The molecule has 1 aromatic rings. The molecule has 0 amide bonds. The Morgan fingerprint density at radius 3 is 2.72 bits per heavy atom. The molecule has 1 nitrogen and oxygen atoms in total. The van der Waals surface area contributed by atoms with E-state index in [1.807, 2.05) is 12.1 Å². The molecule has 1 saturated carbocycles. The van der Waals surface area contributed by atoms with Crippen LogP contribution in [-0.4, -0.2) is 12.6 Å². The number of halogens is 3. The fourth-order valence-corrected chi connectivity index (χ4v) is 2.92. The summed E-state index contributed by atoms with van der Waals surface area (Å²) in [7, 11) is 0. The van der Waals surface area contributed by atoms with Crippen molar-refractivity contribution < 1.29 is 4.39 Å². The fraction of sp³-hybridized carbons (Fsp3) is 0.571. The SMILES string of the molecule is CC(C)NCC1CCC1c1ccc(Br)c(Cl)c1F. The third-order valence-corrected chi connectivity index (χ3v) is 4.93. The molecule has 100 valence electrons. The smallest absolute Gasteiger partial charge is 0.146 e. The van der Waals surface area contributed by atoms with Crippen molar-refractivity contribution >= 4 is 27.5 Å². The second-order valence-electron chi connectivity index (χ2n) is 5.27. The van der Waals surface area contributed by atoms with E-state index in [0.717, 1.165) is 24.9 Å². The largest absolute Gasteiger partial charge is 0.314 e. The summed E-state index contributed by atoms with van der Waals surface area (Å²) >= 11 is 9.20. The van der Waals surface area contributed by atoms with Crippen molar-refractivity contribution in [2.75, 3.05) is 6.54 Å². The Hall–Kier alpha value is -0.120. The van der Waals surface area contributed by atoms with E-state index in [4.69, 9.17) is 11.6 Å². The molecule has 0 bridgehead atoms. The van der Waals surface area contributed by atoms with Crippen LogP contribution in [0.3, 0.4) is 0 Å². The van der Waals surface area contributed by atoms with Crippen molar-refractivity contribution in [3.8, 4) is 0 Å². The van der Waals surface area contributed by atoms with Gasteiger partial charge in [0.15, 0.2) is 0 Å². The van der Waals surface area contributed by atoms with Gasteiger partial charge in [0.05, 0.1) is 5.02 Å². The van der Waals surface area contributed by atoms with Gasteiger partial charge in [-0.05, 0) is 58.8 Å². The Morgan fingerprint density at radius 2 is 2.17 bits per heavy atom. The zero-order valence-corrected chi connectivity index (χ0v) is 13.0. The topological polar surface area (TPSA) is 12.0 Å². The summed E-state index contributed by atoms with van der Waals surface area (Å²) < 4.78 is 14.8. The number of hydrogen-bond acceptors (Lipinski definition) is 1. The summed E-state index contributed by atoms with van der Waals surface area (Å²) in [5.74, 6) is 0.575. The van der Waals surface area contributed by atoms with Gasteiger partial charge < -0.3 is 5.32 Å². The molecule has 0 aliphatic heterocycles. The van der Waals surface area contributed by atoms with E-state index in [2.05, 4.69) is 35.1 Å². The van der Waals surface area contributed by atoms with Crippen LogP contribution in [0.5, 0.6) is 0 Å². The zero-order chi connectivity index (χ0) is 13.3. The molecular weight excluding hydrogens is 317 g/mol. The molecule has 2 rings (SSSR count). The van der Waals surface area contributed by atoms with Gasteiger partial charge >= 0.3 is 0 Å². The van der Waals surface area contributed by atoms with Crippen LogP contribution in [-0.2, 0) is 0 Å². The van der Waals surface area contributed by atoms with Crippen LogP contribution < -0.4 is 5.32 Å². The minimum absolute atomic E-state index is 0.204. The van der Waals surface area contributed by atoms with E-state index in [-0.39, 0.29) is 10.8 Å². The molecule has 1 fully saturated rings. The molecule has 0 aromatic heterocycles. The first kappa shape index (κ1) is 14.3. The molecule has 1 N–H and O–H groups in total. The van der Waals surface area contributed by atoms with Crippen LogP contribution >= 0.6 is 27.5 Å². The quantitative estimate of drug-likeness (QED) is 0.785. The first-order valence-electron chi connectivity index (χ1n) is 6.37. The lowest BCUT2D eigenvalue weighted by atomic mass is 9.70. The van der Waals surface area contributed by atoms with Gasteiger partial charge in [-0.1, -0.05) is 31.5 Å². The van der Waals surface area contributed by atoms with Crippen molar-refractivity contribution in [2.45, 2.75) is 38.6 Å². The fourth-order valence-electron chi connectivity index (χ4n) is 2.44. The van der Waals surface area contributed by atoms with E-state index in [0.29, 0.717) is 22.4 Å². The molecule has 1 aliphatic rings. The Kier molecular flexibility index (Phi) is 4.68. The van der Waals surface area contributed by atoms with Crippen molar-refractivity contribution in [3.63, 3.8) is 0 Å². The van der Waals surface area contributed by atoms with Crippen LogP contribution in [0, 0.1) is 11.7 Å². The molecule has 1 aliphatic carbocycles. The van der Waals surface area contributed by atoms with Crippen LogP contribution in [0.15, 0.2) is 16.6 Å². The second kappa shape index (κ2) is 5.89. The predicted octanol–water partition coefficient (Wildman–Crippen LogP) is 4.73. The Morgan fingerprint density at radius 1 is 1.44 bits per heavy atom. The third kappa shape index (κ3) is 2.89. The number of hydrogen-bond donors (Lipinski definition) is 1. The molecule has 0 spiro atoms. The lowest BCUT2D eigenvalue weighted by molar-refractivity contribution is 0.236. The third-order valence-electron chi connectivity index (χ3n) is 3.67. The number of rotatable bonds is 4. The van der Waals surface area contributed by atoms with Crippen LogP contribution in [0.1, 0.15) is 38.2 Å². The van der Waals surface area contributed by atoms with Gasteiger partial charge in [-0.2, -0.15) is 0 Å². The summed E-state index contributed by atoms with van der Waals surface area (Å²) in [5, 5.41) is 3.63. The van der Waals surface area contributed by atoms with Crippen LogP contribution in [0.2, 0.25) is 5.02 Å². The maximum Gasteiger partial charge on any atom is 0.146 e. The van der Waals surface area contributed by atoms with E-state index >= 15 is 0 Å². The standard InChI is InChI=1S/C14H18BrClFN/c1-8(2)18-7-9-3-4-10(9)11-5-6-12(15)13(16)14(11)17/h5-6,8-10,18H,3-4,7H2,1-2H3. The summed E-state index contributed by atoms with van der Waals surface area (Å²) in [6.07, 6.45) is 2.22. The van der Waals surface area contributed by atoms with E-state index in [1.54, 1.807) is 0 Å². The summed E-state index contributed by atoms with van der Waals surface area (Å²) in [4.78, 5) is 0. The van der Waals surface area contributed by atoms with Gasteiger partial charge in [-0.25, -0.2) is 4.39 Å². The van der Waals surface area contributed by atoms with E-state index in [1.165, 1.54) is 0 Å². The maximum atomic E-state index is 14.1. The van der Waals surface area contributed by atoms with Gasteiger partial charge in [0.1, 0.15) is 5.82 Å². The monoisotopic (exact) mass is 333 g/mol. The van der Waals surface area contributed by atoms with E-state index < -0.39 is 0 Å². The minimum atomic E-state index is -0.259. The van der Waals surface area contributed by atoms with Crippen molar-refractivity contribution in [1.82, 2.24) is 5.32 Å². The van der Waals surface area contributed by atoms with Gasteiger partial charge in [0, 0.05) is 10.5 Å². The molecular formula is C14H18BrClFN. The van der Waals surface area contributed by atoms with Crippen LogP contribution in [0.4, 0.5) is 4.39 Å². The Balaban J connectivity index is 2.10. The summed E-state index contributed by atoms with van der Waals surface area (Å²) in [5.41, 5.74) is 0.769. The molecule has 0 heterocycles. The Bertz CT molecular complexity index is 436. The van der Waals surface area contributed by atoms with Gasteiger partial charge in [0.25, 0.3) is 0 Å².